The summed E-state index contributed by atoms with van der Waals surface area (Å²) >= 11 is 0. The van der Waals surface area contributed by atoms with Gasteiger partial charge in [0.25, 0.3) is 0 Å². The number of fused-ring (bicyclic) bond motifs is 1. The van der Waals surface area contributed by atoms with E-state index in [9.17, 15) is 18.0 Å². The Kier molecular flexibility index (Phi) is 2.57. The molecule has 17 heavy (non-hydrogen) atoms. The molecule has 0 aliphatic carbocycles. The molecule has 2 aromatic rings. The second-order valence-electron chi connectivity index (χ2n) is 3.44. The number of aldehydes is 1. The molecule has 0 bridgehead atoms. The molecule has 0 saturated heterocycles. The van der Waals surface area contributed by atoms with Crippen molar-refractivity contribution in [2.75, 3.05) is 7.11 Å². The summed E-state index contributed by atoms with van der Waals surface area (Å²) in [5.41, 5.74) is -1.18. The minimum absolute atomic E-state index is 0.196. The fraction of sp³-hybridized carbons (Fsp3) is 0.182. The molecule has 90 valence electrons. The number of aromatic amines is 1. The average molecular weight is 243 g/mol. The number of carbonyl (C=O) groups excluding carboxylic acids is 1. The van der Waals surface area contributed by atoms with E-state index in [0.717, 1.165) is 0 Å². The summed E-state index contributed by atoms with van der Waals surface area (Å²) in [6, 6.07) is 4.36. The molecule has 0 fully saturated rings. The highest BCUT2D eigenvalue weighted by Gasteiger charge is 2.36. The maximum Gasteiger partial charge on any atom is 0.431 e. The number of nitrogens with one attached hydrogen (secondary N) is 1. The van der Waals surface area contributed by atoms with Crippen LogP contribution in [0.2, 0.25) is 0 Å². The molecular weight excluding hydrogens is 235 g/mol. The number of methoxy groups -OCH3 is 1. The molecule has 0 unspecified atom stereocenters. The van der Waals surface area contributed by atoms with Gasteiger partial charge in [-0.1, -0.05) is 0 Å². The number of aromatic nitrogens is 1. The Hall–Kier alpha value is -1.98. The molecule has 0 atom stereocenters. The van der Waals surface area contributed by atoms with Crippen molar-refractivity contribution >= 4 is 17.2 Å². The molecular formula is C11H8F3NO2. The van der Waals surface area contributed by atoms with E-state index in [0.29, 0.717) is 5.75 Å². The van der Waals surface area contributed by atoms with Crippen LogP contribution in [0.15, 0.2) is 18.2 Å². The van der Waals surface area contributed by atoms with Gasteiger partial charge in [0.15, 0.2) is 6.29 Å². The largest absolute Gasteiger partial charge is 0.497 e. The van der Waals surface area contributed by atoms with Gasteiger partial charge in [-0.05, 0) is 18.2 Å². The Balaban J connectivity index is 2.76. The van der Waals surface area contributed by atoms with Crippen molar-refractivity contribution in [3.63, 3.8) is 0 Å². The highest BCUT2D eigenvalue weighted by atomic mass is 19.4. The SMILES string of the molecule is COc1ccc2[nH]c(C(F)(F)F)c(C=O)c2c1. The second kappa shape index (κ2) is 3.80. The lowest BCUT2D eigenvalue weighted by molar-refractivity contribution is -0.140. The Morgan fingerprint density at radius 3 is 2.59 bits per heavy atom. The van der Waals surface area contributed by atoms with Crippen LogP contribution in [0.4, 0.5) is 13.2 Å². The van der Waals surface area contributed by atoms with Crippen LogP contribution in [0.25, 0.3) is 10.9 Å². The van der Waals surface area contributed by atoms with E-state index in [-0.39, 0.29) is 17.2 Å². The van der Waals surface area contributed by atoms with E-state index in [4.69, 9.17) is 4.74 Å². The molecule has 1 aromatic carbocycles. The van der Waals surface area contributed by atoms with E-state index < -0.39 is 17.4 Å². The Morgan fingerprint density at radius 1 is 1.35 bits per heavy atom. The number of carbonyl (C=O) groups is 1. The van der Waals surface area contributed by atoms with E-state index in [1.807, 2.05) is 0 Å². The van der Waals surface area contributed by atoms with Crippen LogP contribution in [0, 0.1) is 0 Å². The van der Waals surface area contributed by atoms with Gasteiger partial charge in [-0.15, -0.1) is 0 Å². The van der Waals surface area contributed by atoms with Crippen molar-refractivity contribution < 1.29 is 22.7 Å². The van der Waals surface area contributed by atoms with E-state index in [1.165, 1.54) is 25.3 Å². The summed E-state index contributed by atoms with van der Waals surface area (Å²) in [4.78, 5) is 13.0. The number of H-pyrrole nitrogens is 1. The maximum absolute atomic E-state index is 12.6. The Morgan fingerprint density at radius 2 is 2.06 bits per heavy atom. The molecule has 3 nitrogen and oxygen atoms in total. The third-order valence-corrected chi connectivity index (χ3v) is 2.45. The van der Waals surface area contributed by atoms with Gasteiger partial charge < -0.3 is 9.72 Å². The predicted octanol–water partition coefficient (Wildman–Crippen LogP) is 3.01. The predicted molar refractivity (Wildman–Crippen MR) is 55.2 cm³/mol. The first kappa shape index (κ1) is 11.5. The van der Waals surface area contributed by atoms with Gasteiger partial charge in [0.1, 0.15) is 11.4 Å². The number of rotatable bonds is 2. The number of halogens is 3. The van der Waals surface area contributed by atoms with E-state index >= 15 is 0 Å². The number of ether oxygens (including phenoxy) is 1. The average Bonchev–Trinajstić information content (AvgIpc) is 2.65. The maximum atomic E-state index is 12.6. The topological polar surface area (TPSA) is 42.1 Å². The first-order valence-corrected chi connectivity index (χ1v) is 4.69. The molecule has 0 saturated carbocycles. The minimum atomic E-state index is -4.58. The third-order valence-electron chi connectivity index (χ3n) is 2.45. The van der Waals surface area contributed by atoms with E-state index in [2.05, 4.69) is 4.98 Å². The fourth-order valence-corrected chi connectivity index (χ4v) is 1.66. The third kappa shape index (κ3) is 1.86. The van der Waals surface area contributed by atoms with Crippen LogP contribution in [0.5, 0.6) is 5.75 Å². The van der Waals surface area contributed by atoms with Crippen molar-refractivity contribution in [3.8, 4) is 5.75 Å². The number of alkyl halides is 3. The standard InChI is InChI=1S/C11H8F3NO2/c1-17-6-2-3-9-7(4-6)8(5-16)10(15-9)11(12,13)14/h2-5,15H,1H3. The minimum Gasteiger partial charge on any atom is -0.497 e. The van der Waals surface area contributed by atoms with Crippen molar-refractivity contribution in [1.82, 2.24) is 4.98 Å². The quantitative estimate of drug-likeness (QED) is 0.824. The molecule has 0 radical (unpaired) electrons. The summed E-state index contributed by atoms with van der Waals surface area (Å²) in [5.74, 6) is 0.397. The zero-order chi connectivity index (χ0) is 12.6. The zero-order valence-corrected chi connectivity index (χ0v) is 8.76. The second-order valence-corrected chi connectivity index (χ2v) is 3.44. The van der Waals surface area contributed by atoms with Crippen LogP contribution < -0.4 is 4.74 Å². The normalized spacial score (nSPS) is 11.8. The van der Waals surface area contributed by atoms with Gasteiger partial charge in [-0.25, -0.2) is 0 Å². The van der Waals surface area contributed by atoms with Crippen molar-refractivity contribution in [3.05, 3.63) is 29.5 Å². The lowest BCUT2D eigenvalue weighted by Crippen LogP contribution is -2.08. The van der Waals surface area contributed by atoms with Gasteiger partial charge >= 0.3 is 6.18 Å². The molecule has 0 amide bonds. The van der Waals surface area contributed by atoms with Crippen LogP contribution >= 0.6 is 0 Å². The highest BCUT2D eigenvalue weighted by molar-refractivity contribution is 5.99. The molecule has 2 rings (SSSR count). The Labute approximate surface area is 94.2 Å². The molecule has 0 aliphatic heterocycles. The Bertz CT molecular complexity index is 572. The molecule has 6 heteroatoms. The summed E-state index contributed by atoms with van der Waals surface area (Å²) in [6.07, 6.45) is -4.39. The number of benzene rings is 1. The van der Waals surface area contributed by atoms with Crippen molar-refractivity contribution in [1.29, 1.82) is 0 Å². The van der Waals surface area contributed by atoms with Crippen molar-refractivity contribution in [2.45, 2.75) is 6.18 Å². The van der Waals surface area contributed by atoms with Crippen LogP contribution in [-0.4, -0.2) is 18.4 Å². The summed E-state index contributed by atoms with van der Waals surface area (Å²) in [6.45, 7) is 0. The zero-order valence-electron chi connectivity index (χ0n) is 8.76. The summed E-state index contributed by atoms with van der Waals surface area (Å²) < 4.78 is 42.8. The number of hydrogen-bond donors (Lipinski definition) is 1. The first-order valence-electron chi connectivity index (χ1n) is 4.69. The van der Waals surface area contributed by atoms with Crippen LogP contribution in [0.3, 0.4) is 0 Å². The molecule has 1 N–H and O–H groups in total. The fourth-order valence-electron chi connectivity index (χ4n) is 1.66. The lowest BCUT2D eigenvalue weighted by Gasteiger charge is -2.03. The molecule has 0 aliphatic rings. The van der Waals surface area contributed by atoms with Gasteiger partial charge in [0, 0.05) is 10.9 Å². The highest BCUT2D eigenvalue weighted by Crippen LogP contribution is 2.35. The van der Waals surface area contributed by atoms with Gasteiger partial charge in [0.05, 0.1) is 12.7 Å². The van der Waals surface area contributed by atoms with Gasteiger partial charge in [-0.2, -0.15) is 13.2 Å². The molecule has 0 spiro atoms. The summed E-state index contributed by atoms with van der Waals surface area (Å²) in [5, 5.41) is 0.201. The first-order chi connectivity index (χ1) is 7.97. The molecule has 1 aromatic heterocycles. The summed E-state index contributed by atoms with van der Waals surface area (Å²) in [7, 11) is 1.40. The lowest BCUT2D eigenvalue weighted by atomic mass is 10.1. The number of hydrogen-bond acceptors (Lipinski definition) is 2. The smallest absolute Gasteiger partial charge is 0.431 e. The van der Waals surface area contributed by atoms with E-state index in [1.54, 1.807) is 0 Å². The monoisotopic (exact) mass is 243 g/mol. The molecule has 1 heterocycles. The van der Waals surface area contributed by atoms with Gasteiger partial charge in [-0.3, -0.25) is 4.79 Å². The van der Waals surface area contributed by atoms with Crippen LogP contribution in [-0.2, 0) is 6.18 Å². The van der Waals surface area contributed by atoms with Gasteiger partial charge in [0.2, 0.25) is 0 Å². The van der Waals surface area contributed by atoms with Crippen LogP contribution in [0.1, 0.15) is 16.1 Å². The van der Waals surface area contributed by atoms with Crippen molar-refractivity contribution in [2.24, 2.45) is 0 Å².